The minimum atomic E-state index is 0.645. The second-order valence-corrected chi connectivity index (χ2v) is 7.03. The molecule has 1 aliphatic rings. The average Bonchev–Trinajstić information content (AvgIpc) is 2.91. The maximum absolute atomic E-state index is 5.84. The van der Waals surface area contributed by atoms with Crippen molar-refractivity contribution < 1.29 is 0 Å². The predicted molar refractivity (Wildman–Crippen MR) is 92.1 cm³/mol. The lowest BCUT2D eigenvalue weighted by Crippen LogP contribution is -2.39. The zero-order valence-corrected chi connectivity index (χ0v) is 14.0. The van der Waals surface area contributed by atoms with Gasteiger partial charge >= 0.3 is 0 Å². The number of aryl methyl sites for hydroxylation is 2. The van der Waals surface area contributed by atoms with Crippen LogP contribution < -0.4 is 5.73 Å². The van der Waals surface area contributed by atoms with Crippen LogP contribution in [0.25, 0.3) is 0 Å². The zero-order valence-electron chi connectivity index (χ0n) is 13.2. The molecule has 1 unspecified atom stereocenters. The number of fused-ring (bicyclic) bond motifs is 1. The first-order valence-electron chi connectivity index (χ1n) is 8.13. The molecule has 0 radical (unpaired) electrons. The molecule has 0 saturated carbocycles. The fraction of sp³-hybridized carbons (Fsp3) is 0.529. The van der Waals surface area contributed by atoms with Crippen molar-refractivity contribution in [3.05, 3.63) is 40.7 Å². The normalized spacial score (nSPS) is 17.6. The van der Waals surface area contributed by atoms with Crippen LogP contribution in [0.3, 0.4) is 0 Å². The Balaban J connectivity index is 1.53. The monoisotopic (exact) mass is 316 g/mol. The van der Waals surface area contributed by atoms with E-state index in [2.05, 4.69) is 27.9 Å². The van der Waals surface area contributed by atoms with Crippen LogP contribution in [0.4, 0.5) is 5.13 Å². The molecule has 1 aliphatic carbocycles. The SMILES string of the molecule is CCN(CCCc1cccnc1)C1CCc2nc(N)sc2C1. The Kier molecular flexibility index (Phi) is 5.05. The summed E-state index contributed by atoms with van der Waals surface area (Å²) in [6.07, 6.45) is 9.50. The van der Waals surface area contributed by atoms with E-state index in [1.807, 2.05) is 18.5 Å². The second kappa shape index (κ2) is 7.20. The Hall–Kier alpha value is -1.46. The van der Waals surface area contributed by atoms with E-state index < -0.39 is 0 Å². The Morgan fingerprint density at radius 3 is 3.14 bits per heavy atom. The first kappa shape index (κ1) is 15.4. The highest BCUT2D eigenvalue weighted by atomic mass is 32.1. The maximum Gasteiger partial charge on any atom is 0.180 e. The lowest BCUT2D eigenvalue weighted by Gasteiger charge is -2.33. The molecule has 0 aromatic carbocycles. The van der Waals surface area contributed by atoms with Crippen molar-refractivity contribution in [1.82, 2.24) is 14.9 Å². The van der Waals surface area contributed by atoms with Crippen LogP contribution in [0.5, 0.6) is 0 Å². The topological polar surface area (TPSA) is 55.0 Å². The molecule has 2 heterocycles. The molecule has 0 bridgehead atoms. The number of nitrogens with two attached hydrogens (primary N) is 1. The summed E-state index contributed by atoms with van der Waals surface area (Å²) in [5, 5.41) is 0.727. The molecule has 0 fully saturated rings. The molecule has 3 rings (SSSR count). The summed E-state index contributed by atoms with van der Waals surface area (Å²) in [6, 6.07) is 4.83. The number of likely N-dealkylation sites (N-methyl/N-ethyl adjacent to an activating group) is 1. The number of rotatable bonds is 6. The predicted octanol–water partition coefficient (Wildman–Crippen LogP) is 2.93. The third-order valence-electron chi connectivity index (χ3n) is 4.49. The number of hydrogen-bond acceptors (Lipinski definition) is 5. The molecule has 2 N–H and O–H groups in total. The molecule has 5 heteroatoms. The minimum Gasteiger partial charge on any atom is -0.375 e. The zero-order chi connectivity index (χ0) is 15.4. The van der Waals surface area contributed by atoms with E-state index in [4.69, 9.17) is 5.73 Å². The van der Waals surface area contributed by atoms with Crippen molar-refractivity contribution in [2.24, 2.45) is 0 Å². The molecule has 2 aromatic rings. The van der Waals surface area contributed by atoms with Crippen molar-refractivity contribution in [2.75, 3.05) is 18.8 Å². The van der Waals surface area contributed by atoms with E-state index in [-0.39, 0.29) is 0 Å². The van der Waals surface area contributed by atoms with Gasteiger partial charge in [0.1, 0.15) is 0 Å². The molecular formula is C17H24N4S. The van der Waals surface area contributed by atoms with Crippen molar-refractivity contribution in [3.8, 4) is 0 Å². The summed E-state index contributed by atoms with van der Waals surface area (Å²) in [5.74, 6) is 0. The lowest BCUT2D eigenvalue weighted by molar-refractivity contribution is 0.187. The third-order valence-corrected chi connectivity index (χ3v) is 5.44. The van der Waals surface area contributed by atoms with E-state index in [0.717, 1.165) is 37.5 Å². The highest BCUT2D eigenvalue weighted by Crippen LogP contribution is 2.30. The van der Waals surface area contributed by atoms with E-state index >= 15 is 0 Å². The van der Waals surface area contributed by atoms with Crippen molar-refractivity contribution in [1.29, 1.82) is 0 Å². The van der Waals surface area contributed by atoms with Crippen LogP contribution in [-0.2, 0) is 19.3 Å². The number of thiazole rings is 1. The fourth-order valence-corrected chi connectivity index (χ4v) is 4.27. The summed E-state index contributed by atoms with van der Waals surface area (Å²) < 4.78 is 0. The van der Waals surface area contributed by atoms with E-state index in [1.54, 1.807) is 11.3 Å². The Labute approximate surface area is 136 Å². The Morgan fingerprint density at radius 2 is 2.36 bits per heavy atom. The van der Waals surface area contributed by atoms with Crippen LogP contribution in [0.15, 0.2) is 24.5 Å². The van der Waals surface area contributed by atoms with Crippen LogP contribution in [-0.4, -0.2) is 34.0 Å². The highest BCUT2D eigenvalue weighted by molar-refractivity contribution is 7.15. The number of nitrogens with zero attached hydrogens (tertiary/aromatic N) is 3. The molecule has 0 aliphatic heterocycles. The van der Waals surface area contributed by atoms with Crippen molar-refractivity contribution in [3.63, 3.8) is 0 Å². The number of anilines is 1. The molecule has 1 atom stereocenters. The Morgan fingerprint density at radius 1 is 1.45 bits per heavy atom. The number of aromatic nitrogens is 2. The van der Waals surface area contributed by atoms with Crippen LogP contribution in [0.2, 0.25) is 0 Å². The van der Waals surface area contributed by atoms with Gasteiger partial charge in [0.15, 0.2) is 5.13 Å². The van der Waals surface area contributed by atoms with E-state index in [9.17, 15) is 0 Å². The summed E-state index contributed by atoms with van der Waals surface area (Å²) in [4.78, 5) is 12.7. The van der Waals surface area contributed by atoms with Gasteiger partial charge in [0.2, 0.25) is 0 Å². The third kappa shape index (κ3) is 3.65. The second-order valence-electron chi connectivity index (χ2n) is 5.91. The fourth-order valence-electron chi connectivity index (χ4n) is 3.32. The molecule has 0 amide bonds. The van der Waals surface area contributed by atoms with Crippen LogP contribution in [0.1, 0.15) is 35.9 Å². The molecule has 22 heavy (non-hydrogen) atoms. The van der Waals surface area contributed by atoms with Gasteiger partial charge in [0.05, 0.1) is 5.69 Å². The first-order valence-corrected chi connectivity index (χ1v) is 8.95. The highest BCUT2D eigenvalue weighted by Gasteiger charge is 2.25. The van der Waals surface area contributed by atoms with Gasteiger partial charge in [0.25, 0.3) is 0 Å². The molecule has 0 spiro atoms. The van der Waals surface area contributed by atoms with E-state index in [1.165, 1.54) is 29.0 Å². The summed E-state index contributed by atoms with van der Waals surface area (Å²) in [6.45, 7) is 4.53. The van der Waals surface area contributed by atoms with Gasteiger partial charge in [-0.25, -0.2) is 4.98 Å². The van der Waals surface area contributed by atoms with Crippen LogP contribution in [0, 0.1) is 0 Å². The lowest BCUT2D eigenvalue weighted by atomic mass is 9.96. The maximum atomic E-state index is 5.84. The van der Waals surface area contributed by atoms with Gasteiger partial charge in [0, 0.05) is 23.3 Å². The van der Waals surface area contributed by atoms with Gasteiger partial charge in [-0.05, 0) is 56.8 Å². The van der Waals surface area contributed by atoms with Gasteiger partial charge in [-0.15, -0.1) is 11.3 Å². The van der Waals surface area contributed by atoms with Gasteiger partial charge in [-0.3, -0.25) is 4.98 Å². The van der Waals surface area contributed by atoms with Crippen molar-refractivity contribution >= 4 is 16.5 Å². The summed E-state index contributed by atoms with van der Waals surface area (Å²) in [7, 11) is 0. The Bertz CT molecular complexity index is 596. The quantitative estimate of drug-likeness (QED) is 0.890. The average molecular weight is 316 g/mol. The molecule has 4 nitrogen and oxygen atoms in total. The smallest absolute Gasteiger partial charge is 0.180 e. The standard InChI is InChI=1S/C17H24N4S/c1-2-21(10-4-6-13-5-3-9-19-12-13)14-7-8-15-16(11-14)22-17(18)20-15/h3,5,9,12,14H,2,4,6-8,10-11H2,1H3,(H2,18,20). The number of hydrogen-bond donors (Lipinski definition) is 1. The van der Waals surface area contributed by atoms with Gasteiger partial charge < -0.3 is 10.6 Å². The number of nitrogen functional groups attached to an aromatic ring is 1. The first-order chi connectivity index (χ1) is 10.8. The van der Waals surface area contributed by atoms with E-state index in [0.29, 0.717) is 6.04 Å². The van der Waals surface area contributed by atoms with Crippen molar-refractivity contribution in [2.45, 2.75) is 45.1 Å². The molecule has 0 saturated heterocycles. The molecular weight excluding hydrogens is 292 g/mol. The largest absolute Gasteiger partial charge is 0.375 e. The summed E-state index contributed by atoms with van der Waals surface area (Å²) >= 11 is 1.67. The van der Waals surface area contributed by atoms with Gasteiger partial charge in [-0.1, -0.05) is 13.0 Å². The molecule has 118 valence electrons. The van der Waals surface area contributed by atoms with Gasteiger partial charge in [-0.2, -0.15) is 0 Å². The number of pyridine rings is 1. The van der Waals surface area contributed by atoms with Crippen LogP contribution >= 0.6 is 11.3 Å². The molecule has 2 aromatic heterocycles. The summed E-state index contributed by atoms with van der Waals surface area (Å²) in [5.41, 5.74) is 8.42. The minimum absolute atomic E-state index is 0.645.